The predicted octanol–water partition coefficient (Wildman–Crippen LogP) is 5.20. The van der Waals surface area contributed by atoms with E-state index < -0.39 is 15.8 Å². The van der Waals surface area contributed by atoms with Gasteiger partial charge < -0.3 is 5.32 Å². The quantitative estimate of drug-likeness (QED) is 0.562. The number of nitrogens with one attached hydrogen (secondary N) is 1. The van der Waals surface area contributed by atoms with Crippen LogP contribution in [0, 0.1) is 6.92 Å². The first kappa shape index (κ1) is 19.7. The third-order valence-electron chi connectivity index (χ3n) is 4.57. The number of thiophene rings is 1. The highest BCUT2D eigenvalue weighted by atomic mass is 35.5. The zero-order chi connectivity index (χ0) is 20.6. The van der Waals surface area contributed by atoms with Crippen molar-refractivity contribution in [3.05, 3.63) is 92.1 Å². The number of rotatable bonds is 4. The fourth-order valence-corrected chi connectivity index (χ4v) is 5.62. The van der Waals surface area contributed by atoms with Crippen LogP contribution in [0.5, 0.6) is 0 Å². The summed E-state index contributed by atoms with van der Waals surface area (Å²) in [4.78, 5) is 13.0. The number of hydrogen-bond donors (Lipinski definition) is 1. The Morgan fingerprint density at radius 2 is 1.76 bits per heavy atom. The largest absolute Gasteiger partial charge is 0.360 e. The van der Waals surface area contributed by atoms with Gasteiger partial charge in [0.2, 0.25) is 5.78 Å². The summed E-state index contributed by atoms with van der Waals surface area (Å²) < 4.78 is 27.9. The lowest BCUT2D eigenvalue weighted by Gasteiger charge is -2.29. The van der Waals surface area contributed by atoms with Gasteiger partial charge >= 0.3 is 0 Å². The Morgan fingerprint density at radius 3 is 2.45 bits per heavy atom. The van der Waals surface area contributed by atoms with E-state index in [0.717, 1.165) is 11.1 Å². The zero-order valence-electron chi connectivity index (χ0n) is 15.4. The molecule has 8 heteroatoms. The molecule has 0 aliphatic carbocycles. The van der Waals surface area contributed by atoms with Gasteiger partial charge in [-0.1, -0.05) is 41.4 Å². The topological polar surface area (TPSA) is 66.5 Å². The number of Topliss-reactive ketones (excluding diaryl/α,β-unsaturated/α-hetero) is 1. The molecule has 4 rings (SSSR count). The summed E-state index contributed by atoms with van der Waals surface area (Å²) in [6.07, 6.45) is 1.26. The minimum atomic E-state index is -4.02. The van der Waals surface area contributed by atoms with Crippen LogP contribution < -0.4 is 9.62 Å². The number of benzene rings is 2. The molecule has 0 atom stereocenters. The summed E-state index contributed by atoms with van der Waals surface area (Å²) in [7, 11) is -4.02. The molecule has 0 fully saturated rings. The lowest BCUT2D eigenvalue weighted by atomic mass is 10.1. The Bertz CT molecular complexity index is 1200. The summed E-state index contributed by atoms with van der Waals surface area (Å²) in [5.74, 6) is -0.503. The predicted molar refractivity (Wildman–Crippen MR) is 118 cm³/mol. The van der Waals surface area contributed by atoms with Crippen LogP contribution in [0.1, 0.15) is 20.8 Å². The average molecular weight is 445 g/mol. The molecule has 148 valence electrons. The SMILES string of the molecule is Cc1ccc(CN2c3ccsc3C(=O)/C(=C/Nc3ccc(Cl)cc3)S2(=O)=O)cc1. The number of anilines is 2. The van der Waals surface area contributed by atoms with Crippen LogP contribution in [0.25, 0.3) is 0 Å². The molecule has 0 bridgehead atoms. The van der Waals surface area contributed by atoms with Crippen molar-refractivity contribution in [2.45, 2.75) is 13.5 Å². The van der Waals surface area contributed by atoms with Crippen LogP contribution in [0.4, 0.5) is 11.4 Å². The second-order valence-corrected chi connectivity index (χ2v) is 9.80. The minimum Gasteiger partial charge on any atom is -0.360 e. The van der Waals surface area contributed by atoms with Gasteiger partial charge in [0.05, 0.1) is 12.2 Å². The molecular weight excluding hydrogens is 428 g/mol. The molecule has 0 unspecified atom stereocenters. The third-order valence-corrected chi connectivity index (χ3v) is 7.49. The summed E-state index contributed by atoms with van der Waals surface area (Å²) in [5.41, 5.74) is 2.99. The molecule has 1 aromatic heterocycles. The van der Waals surface area contributed by atoms with Crippen LogP contribution >= 0.6 is 22.9 Å². The van der Waals surface area contributed by atoms with Gasteiger partial charge in [-0.15, -0.1) is 11.3 Å². The van der Waals surface area contributed by atoms with Gasteiger partial charge in [0.25, 0.3) is 10.0 Å². The molecule has 2 heterocycles. The number of sulfonamides is 1. The minimum absolute atomic E-state index is 0.151. The normalized spacial score (nSPS) is 16.7. The molecule has 0 saturated heterocycles. The van der Waals surface area contributed by atoms with E-state index in [9.17, 15) is 13.2 Å². The smallest absolute Gasteiger partial charge is 0.270 e. The van der Waals surface area contributed by atoms with E-state index in [0.29, 0.717) is 21.3 Å². The van der Waals surface area contributed by atoms with Crippen molar-refractivity contribution in [2.75, 3.05) is 9.62 Å². The maximum Gasteiger partial charge on any atom is 0.270 e. The number of hydrogen-bond acceptors (Lipinski definition) is 5. The number of carbonyl (C=O) groups excluding carboxylic acids is 1. The fraction of sp³-hybridized carbons (Fsp3) is 0.0952. The monoisotopic (exact) mass is 444 g/mol. The molecule has 1 aliphatic heterocycles. The summed E-state index contributed by atoms with van der Waals surface area (Å²) in [6, 6.07) is 16.1. The van der Waals surface area contributed by atoms with Crippen molar-refractivity contribution < 1.29 is 13.2 Å². The molecule has 2 aromatic carbocycles. The highest BCUT2D eigenvalue weighted by molar-refractivity contribution is 7.97. The third kappa shape index (κ3) is 3.81. The van der Waals surface area contributed by atoms with Crippen LogP contribution in [-0.4, -0.2) is 14.2 Å². The van der Waals surface area contributed by atoms with Gasteiger partial charge in [-0.2, -0.15) is 0 Å². The number of allylic oxidation sites excluding steroid dienone is 1. The van der Waals surface area contributed by atoms with E-state index >= 15 is 0 Å². The van der Waals surface area contributed by atoms with Crippen LogP contribution in [0.2, 0.25) is 5.02 Å². The van der Waals surface area contributed by atoms with E-state index in [4.69, 9.17) is 11.6 Å². The number of ketones is 1. The van der Waals surface area contributed by atoms with E-state index in [1.54, 1.807) is 35.7 Å². The zero-order valence-corrected chi connectivity index (χ0v) is 17.8. The van der Waals surface area contributed by atoms with Crippen molar-refractivity contribution in [3.63, 3.8) is 0 Å². The number of aryl methyl sites for hydroxylation is 1. The van der Waals surface area contributed by atoms with Crippen molar-refractivity contribution in [1.29, 1.82) is 0 Å². The number of fused-ring (bicyclic) bond motifs is 1. The lowest BCUT2D eigenvalue weighted by Crippen LogP contribution is -2.38. The van der Waals surface area contributed by atoms with Crippen LogP contribution in [0.3, 0.4) is 0 Å². The maximum absolute atomic E-state index is 13.3. The summed E-state index contributed by atoms with van der Waals surface area (Å²) in [5, 5.41) is 5.20. The number of nitrogens with zero attached hydrogens (tertiary/aromatic N) is 1. The number of carbonyl (C=O) groups is 1. The molecule has 0 amide bonds. The molecule has 0 spiro atoms. The van der Waals surface area contributed by atoms with Crippen molar-refractivity contribution in [2.24, 2.45) is 0 Å². The van der Waals surface area contributed by atoms with Crippen molar-refractivity contribution in [3.8, 4) is 0 Å². The first-order valence-electron chi connectivity index (χ1n) is 8.79. The van der Waals surface area contributed by atoms with Gasteiger partial charge in [0, 0.05) is 16.9 Å². The highest BCUT2D eigenvalue weighted by Crippen LogP contribution is 2.39. The van der Waals surface area contributed by atoms with Crippen LogP contribution in [-0.2, 0) is 16.6 Å². The molecule has 0 saturated carbocycles. The molecule has 0 radical (unpaired) electrons. The van der Waals surface area contributed by atoms with E-state index in [1.165, 1.54) is 21.8 Å². The molecule has 5 nitrogen and oxygen atoms in total. The average Bonchev–Trinajstić information content (AvgIpc) is 3.17. The second kappa shape index (κ2) is 7.67. The van der Waals surface area contributed by atoms with E-state index in [1.807, 2.05) is 31.2 Å². The van der Waals surface area contributed by atoms with Crippen molar-refractivity contribution >= 4 is 50.1 Å². The second-order valence-electron chi connectivity index (χ2n) is 6.62. The fourth-order valence-electron chi connectivity index (χ4n) is 3.01. The Morgan fingerprint density at radius 1 is 1.07 bits per heavy atom. The Hall–Kier alpha value is -2.61. The molecule has 1 N–H and O–H groups in total. The van der Waals surface area contributed by atoms with E-state index in [-0.39, 0.29) is 11.4 Å². The lowest BCUT2D eigenvalue weighted by molar-refractivity contribution is 0.104. The van der Waals surface area contributed by atoms with Gasteiger partial charge in [-0.25, -0.2) is 8.42 Å². The Labute approximate surface area is 178 Å². The van der Waals surface area contributed by atoms with Gasteiger partial charge in [-0.05, 0) is 48.2 Å². The van der Waals surface area contributed by atoms with E-state index in [2.05, 4.69) is 5.32 Å². The van der Waals surface area contributed by atoms with Crippen LogP contribution in [0.15, 0.2) is 71.1 Å². The van der Waals surface area contributed by atoms with Crippen molar-refractivity contribution in [1.82, 2.24) is 0 Å². The Kier molecular flexibility index (Phi) is 5.21. The maximum atomic E-state index is 13.3. The number of halogens is 1. The molecule has 29 heavy (non-hydrogen) atoms. The first-order valence-corrected chi connectivity index (χ1v) is 11.5. The molecule has 1 aliphatic rings. The van der Waals surface area contributed by atoms with Gasteiger partial charge in [0.15, 0.2) is 4.91 Å². The standard InChI is InChI=1S/C21H17ClN2O3S2/c1-14-2-4-15(5-3-14)13-24-18-10-11-28-21(18)20(25)19(29(24,26)27)12-23-17-8-6-16(22)7-9-17/h2-12,23H,13H2,1H3/b19-12-. The van der Waals surface area contributed by atoms with Gasteiger partial charge in [-0.3, -0.25) is 9.10 Å². The Balaban J connectivity index is 1.73. The first-order chi connectivity index (χ1) is 13.9. The molecule has 3 aromatic rings. The highest BCUT2D eigenvalue weighted by Gasteiger charge is 2.41. The summed E-state index contributed by atoms with van der Waals surface area (Å²) in [6.45, 7) is 2.12. The molecular formula is C21H17ClN2O3S2. The van der Waals surface area contributed by atoms with Gasteiger partial charge in [0.1, 0.15) is 4.88 Å². The summed E-state index contributed by atoms with van der Waals surface area (Å²) >= 11 is 7.12.